The van der Waals surface area contributed by atoms with Crippen LogP contribution in [0.2, 0.25) is 0 Å². The molecular weight excluding hydrogens is 232 g/mol. The van der Waals surface area contributed by atoms with Crippen LogP contribution in [-0.4, -0.2) is 42.0 Å². The molecule has 5 heteroatoms. The number of carbonyl (C=O) groups is 1. The van der Waals surface area contributed by atoms with E-state index in [9.17, 15) is 9.90 Å². The van der Waals surface area contributed by atoms with E-state index < -0.39 is 5.60 Å². The number of alkyl carbamates (subject to hydrolysis) is 1. The molecule has 1 saturated carbocycles. The van der Waals surface area contributed by atoms with E-state index >= 15 is 0 Å². The number of hydrogen-bond donors (Lipinski definition) is 3. The van der Waals surface area contributed by atoms with Gasteiger partial charge in [-0.15, -0.1) is 0 Å². The number of nitrogens with one attached hydrogen (secondary N) is 2. The van der Waals surface area contributed by atoms with E-state index in [1.165, 1.54) is 0 Å². The minimum atomic E-state index is -0.447. The Balaban J connectivity index is 2.03. The molecular formula is C13H26N2O3. The van der Waals surface area contributed by atoms with E-state index in [4.69, 9.17) is 4.74 Å². The third-order valence-electron chi connectivity index (χ3n) is 2.92. The second-order valence-corrected chi connectivity index (χ2v) is 5.89. The van der Waals surface area contributed by atoms with Crippen molar-refractivity contribution in [2.45, 2.75) is 64.2 Å². The molecule has 0 radical (unpaired) electrons. The first kappa shape index (κ1) is 15.2. The summed E-state index contributed by atoms with van der Waals surface area (Å²) in [5, 5.41) is 15.5. The Morgan fingerprint density at radius 3 is 2.39 bits per heavy atom. The number of ether oxygens (including phenoxy) is 1. The first-order chi connectivity index (χ1) is 8.37. The second-order valence-electron chi connectivity index (χ2n) is 5.89. The highest BCUT2D eigenvalue weighted by atomic mass is 16.6. The highest BCUT2D eigenvalue weighted by Crippen LogP contribution is 2.17. The summed E-state index contributed by atoms with van der Waals surface area (Å²) in [7, 11) is 0. The minimum absolute atomic E-state index is 0.122. The molecule has 0 aromatic rings. The lowest BCUT2D eigenvalue weighted by Gasteiger charge is -2.26. The lowest BCUT2D eigenvalue weighted by atomic mass is 9.93. The standard InChI is InChI=1S/C13H26N2O3/c1-13(2,3)18-12(17)15-9-8-14-10-4-6-11(16)7-5-10/h10-11,14,16H,4-9H2,1-3H3,(H,15,17). The maximum atomic E-state index is 11.4. The van der Waals surface area contributed by atoms with Gasteiger partial charge in [0.05, 0.1) is 6.10 Å². The molecule has 18 heavy (non-hydrogen) atoms. The normalized spacial score (nSPS) is 24.7. The Labute approximate surface area is 109 Å². The molecule has 5 nitrogen and oxygen atoms in total. The van der Waals surface area contributed by atoms with Crippen LogP contribution in [0.4, 0.5) is 4.79 Å². The van der Waals surface area contributed by atoms with Crippen LogP contribution < -0.4 is 10.6 Å². The molecule has 1 aliphatic rings. The summed E-state index contributed by atoms with van der Waals surface area (Å²) in [5.41, 5.74) is -0.447. The highest BCUT2D eigenvalue weighted by Gasteiger charge is 2.19. The number of amides is 1. The molecule has 0 aliphatic heterocycles. The molecule has 1 fully saturated rings. The van der Waals surface area contributed by atoms with Gasteiger partial charge in [-0.3, -0.25) is 0 Å². The van der Waals surface area contributed by atoms with Crippen LogP contribution in [0.3, 0.4) is 0 Å². The molecule has 1 rings (SSSR count). The number of hydrogen-bond acceptors (Lipinski definition) is 4. The summed E-state index contributed by atoms with van der Waals surface area (Å²) in [6, 6.07) is 0.467. The topological polar surface area (TPSA) is 70.6 Å². The first-order valence-corrected chi connectivity index (χ1v) is 6.75. The summed E-state index contributed by atoms with van der Waals surface area (Å²) >= 11 is 0. The zero-order chi connectivity index (χ0) is 13.6. The summed E-state index contributed by atoms with van der Waals surface area (Å²) in [5.74, 6) is 0. The largest absolute Gasteiger partial charge is 0.444 e. The Morgan fingerprint density at radius 2 is 1.83 bits per heavy atom. The lowest BCUT2D eigenvalue weighted by molar-refractivity contribution is 0.0527. The molecule has 0 heterocycles. The fourth-order valence-electron chi connectivity index (χ4n) is 2.03. The van der Waals surface area contributed by atoms with Gasteiger partial charge in [-0.1, -0.05) is 0 Å². The zero-order valence-electron chi connectivity index (χ0n) is 11.7. The third-order valence-corrected chi connectivity index (χ3v) is 2.92. The van der Waals surface area contributed by atoms with E-state index in [2.05, 4.69) is 10.6 Å². The average Bonchev–Trinajstić information content (AvgIpc) is 2.24. The molecule has 106 valence electrons. The van der Waals surface area contributed by atoms with Crippen LogP contribution in [0.1, 0.15) is 46.5 Å². The van der Waals surface area contributed by atoms with Crippen LogP contribution >= 0.6 is 0 Å². The Hall–Kier alpha value is -0.810. The van der Waals surface area contributed by atoms with Crippen molar-refractivity contribution in [2.75, 3.05) is 13.1 Å². The van der Waals surface area contributed by atoms with Gasteiger partial charge in [-0.2, -0.15) is 0 Å². The van der Waals surface area contributed by atoms with Crippen molar-refractivity contribution >= 4 is 6.09 Å². The smallest absolute Gasteiger partial charge is 0.407 e. The zero-order valence-corrected chi connectivity index (χ0v) is 11.7. The maximum absolute atomic E-state index is 11.4. The molecule has 3 N–H and O–H groups in total. The molecule has 0 bridgehead atoms. The van der Waals surface area contributed by atoms with Gasteiger partial charge < -0.3 is 20.5 Å². The third kappa shape index (κ3) is 6.81. The van der Waals surface area contributed by atoms with Gasteiger partial charge in [0.1, 0.15) is 5.60 Å². The van der Waals surface area contributed by atoms with Crippen molar-refractivity contribution in [1.29, 1.82) is 0 Å². The number of carbonyl (C=O) groups excluding carboxylic acids is 1. The van der Waals surface area contributed by atoms with Gasteiger partial charge in [0, 0.05) is 19.1 Å². The van der Waals surface area contributed by atoms with Crippen molar-refractivity contribution in [1.82, 2.24) is 10.6 Å². The average molecular weight is 258 g/mol. The SMILES string of the molecule is CC(C)(C)OC(=O)NCCNC1CCC(O)CC1. The van der Waals surface area contributed by atoms with Crippen molar-refractivity contribution in [3.63, 3.8) is 0 Å². The van der Waals surface area contributed by atoms with Gasteiger partial charge in [0.15, 0.2) is 0 Å². The second kappa shape index (κ2) is 6.95. The molecule has 0 aromatic heterocycles. The fraction of sp³-hybridized carbons (Fsp3) is 0.923. The van der Waals surface area contributed by atoms with Crippen LogP contribution in [0.15, 0.2) is 0 Å². The minimum Gasteiger partial charge on any atom is -0.444 e. The Kier molecular flexibility index (Phi) is 5.88. The molecule has 1 amide bonds. The molecule has 0 atom stereocenters. The summed E-state index contributed by atoms with van der Waals surface area (Å²) in [6.45, 7) is 6.84. The van der Waals surface area contributed by atoms with E-state index in [1.54, 1.807) is 0 Å². The summed E-state index contributed by atoms with van der Waals surface area (Å²) in [6.07, 6.45) is 3.27. The number of aliphatic hydroxyl groups excluding tert-OH is 1. The molecule has 1 aliphatic carbocycles. The summed E-state index contributed by atoms with van der Waals surface area (Å²) < 4.78 is 5.13. The van der Waals surface area contributed by atoms with Crippen molar-refractivity contribution < 1.29 is 14.6 Å². The molecule has 0 spiro atoms. The van der Waals surface area contributed by atoms with Gasteiger partial charge in [0.2, 0.25) is 0 Å². The van der Waals surface area contributed by atoms with Crippen LogP contribution in [-0.2, 0) is 4.74 Å². The Bertz CT molecular complexity index is 255. The molecule has 0 saturated heterocycles. The quantitative estimate of drug-likeness (QED) is 0.667. The van der Waals surface area contributed by atoms with E-state index in [1.807, 2.05) is 20.8 Å². The Morgan fingerprint density at radius 1 is 1.22 bits per heavy atom. The number of rotatable bonds is 4. The van der Waals surface area contributed by atoms with Crippen molar-refractivity contribution in [2.24, 2.45) is 0 Å². The van der Waals surface area contributed by atoms with Crippen LogP contribution in [0.25, 0.3) is 0 Å². The van der Waals surface area contributed by atoms with Crippen LogP contribution in [0, 0.1) is 0 Å². The monoisotopic (exact) mass is 258 g/mol. The summed E-state index contributed by atoms with van der Waals surface area (Å²) in [4.78, 5) is 11.4. The van der Waals surface area contributed by atoms with Gasteiger partial charge >= 0.3 is 6.09 Å². The maximum Gasteiger partial charge on any atom is 0.407 e. The predicted octanol–water partition coefficient (Wildman–Crippen LogP) is 1.40. The van der Waals surface area contributed by atoms with E-state index in [0.717, 1.165) is 32.2 Å². The van der Waals surface area contributed by atoms with Crippen LogP contribution in [0.5, 0.6) is 0 Å². The lowest BCUT2D eigenvalue weighted by Crippen LogP contribution is -2.40. The highest BCUT2D eigenvalue weighted by molar-refractivity contribution is 5.67. The molecule has 0 unspecified atom stereocenters. The predicted molar refractivity (Wildman–Crippen MR) is 70.5 cm³/mol. The van der Waals surface area contributed by atoms with Gasteiger partial charge in [-0.05, 0) is 46.5 Å². The van der Waals surface area contributed by atoms with E-state index in [-0.39, 0.29) is 12.2 Å². The van der Waals surface area contributed by atoms with E-state index in [0.29, 0.717) is 12.6 Å². The van der Waals surface area contributed by atoms with Gasteiger partial charge in [0.25, 0.3) is 0 Å². The van der Waals surface area contributed by atoms with Crippen molar-refractivity contribution in [3.05, 3.63) is 0 Å². The van der Waals surface area contributed by atoms with Gasteiger partial charge in [-0.25, -0.2) is 4.79 Å². The van der Waals surface area contributed by atoms with Crippen molar-refractivity contribution in [3.8, 4) is 0 Å². The number of aliphatic hydroxyl groups is 1. The first-order valence-electron chi connectivity index (χ1n) is 6.75. The molecule has 0 aromatic carbocycles. The fourth-order valence-corrected chi connectivity index (χ4v) is 2.03.